The van der Waals surface area contributed by atoms with Crippen molar-refractivity contribution in [1.29, 1.82) is 0 Å². The maximum Gasteiger partial charge on any atom is 0.328 e. The summed E-state index contributed by atoms with van der Waals surface area (Å²) >= 11 is 0. The topological polar surface area (TPSA) is 66.8 Å². The Morgan fingerprint density at radius 3 is 2.42 bits per heavy atom. The standard InChI is InChI=1S/C15H20O4/c1-15(2,3)12-7-10(5-6-13(12)19-4)11(9-16)8-14(17)18/h5-8,16H,9H2,1-4H3,(H,17,18)/b11-8+. The van der Waals surface area contributed by atoms with Gasteiger partial charge in [-0.05, 0) is 28.7 Å². The molecule has 1 aromatic rings. The van der Waals surface area contributed by atoms with Gasteiger partial charge in [-0.3, -0.25) is 0 Å². The average molecular weight is 264 g/mol. The Hall–Kier alpha value is -1.81. The molecule has 0 atom stereocenters. The lowest BCUT2D eigenvalue weighted by Crippen LogP contribution is -2.13. The van der Waals surface area contributed by atoms with Gasteiger partial charge in [0.15, 0.2) is 0 Å². The van der Waals surface area contributed by atoms with E-state index in [1.54, 1.807) is 19.2 Å². The molecule has 2 N–H and O–H groups in total. The molecule has 0 saturated carbocycles. The molecule has 0 radical (unpaired) electrons. The number of carboxylic acid groups (broad SMARTS) is 1. The van der Waals surface area contributed by atoms with Crippen molar-refractivity contribution in [1.82, 2.24) is 0 Å². The summed E-state index contributed by atoms with van der Waals surface area (Å²) in [5.74, 6) is -0.318. The van der Waals surface area contributed by atoms with Gasteiger partial charge in [0.25, 0.3) is 0 Å². The van der Waals surface area contributed by atoms with Gasteiger partial charge < -0.3 is 14.9 Å². The van der Waals surface area contributed by atoms with Crippen LogP contribution in [0.5, 0.6) is 5.75 Å². The zero-order valence-corrected chi connectivity index (χ0v) is 11.7. The van der Waals surface area contributed by atoms with Crippen molar-refractivity contribution in [2.24, 2.45) is 0 Å². The van der Waals surface area contributed by atoms with Crippen LogP contribution in [0, 0.1) is 0 Å². The molecule has 19 heavy (non-hydrogen) atoms. The third-order valence-corrected chi connectivity index (χ3v) is 2.85. The number of hydrogen-bond donors (Lipinski definition) is 2. The van der Waals surface area contributed by atoms with E-state index in [2.05, 4.69) is 0 Å². The van der Waals surface area contributed by atoms with Crippen molar-refractivity contribution < 1.29 is 19.7 Å². The largest absolute Gasteiger partial charge is 0.496 e. The predicted molar refractivity (Wildman–Crippen MR) is 74.4 cm³/mol. The molecule has 0 aliphatic rings. The summed E-state index contributed by atoms with van der Waals surface area (Å²) in [6, 6.07) is 5.41. The molecule has 104 valence electrons. The molecule has 4 heteroatoms. The van der Waals surface area contributed by atoms with E-state index in [-0.39, 0.29) is 12.0 Å². The first-order chi connectivity index (χ1) is 8.79. The molecule has 0 aromatic heterocycles. The second-order valence-corrected chi connectivity index (χ2v) is 5.33. The van der Waals surface area contributed by atoms with Crippen LogP contribution >= 0.6 is 0 Å². The highest BCUT2D eigenvalue weighted by Crippen LogP contribution is 2.33. The number of rotatable bonds is 4. The lowest BCUT2D eigenvalue weighted by Gasteiger charge is -2.23. The summed E-state index contributed by atoms with van der Waals surface area (Å²) in [4.78, 5) is 10.7. The first-order valence-corrected chi connectivity index (χ1v) is 6.03. The summed E-state index contributed by atoms with van der Waals surface area (Å²) < 4.78 is 5.32. The van der Waals surface area contributed by atoms with Gasteiger partial charge in [-0.25, -0.2) is 4.79 Å². The van der Waals surface area contributed by atoms with Gasteiger partial charge in [-0.15, -0.1) is 0 Å². The van der Waals surface area contributed by atoms with Crippen molar-refractivity contribution in [2.75, 3.05) is 13.7 Å². The van der Waals surface area contributed by atoms with Crippen molar-refractivity contribution in [3.8, 4) is 5.75 Å². The van der Waals surface area contributed by atoms with E-state index in [0.717, 1.165) is 17.4 Å². The first kappa shape index (κ1) is 15.2. The van der Waals surface area contributed by atoms with E-state index >= 15 is 0 Å². The number of methoxy groups -OCH3 is 1. The lowest BCUT2D eigenvalue weighted by molar-refractivity contribution is -0.131. The van der Waals surface area contributed by atoms with E-state index in [4.69, 9.17) is 9.84 Å². The van der Waals surface area contributed by atoms with Crippen LogP contribution in [-0.2, 0) is 10.2 Å². The smallest absolute Gasteiger partial charge is 0.328 e. The Morgan fingerprint density at radius 1 is 1.37 bits per heavy atom. The Morgan fingerprint density at radius 2 is 2.00 bits per heavy atom. The van der Waals surface area contributed by atoms with Crippen LogP contribution in [0.3, 0.4) is 0 Å². The van der Waals surface area contributed by atoms with Gasteiger partial charge in [0, 0.05) is 11.6 Å². The highest BCUT2D eigenvalue weighted by atomic mass is 16.5. The van der Waals surface area contributed by atoms with Gasteiger partial charge in [0.2, 0.25) is 0 Å². The molecule has 0 fully saturated rings. The third-order valence-electron chi connectivity index (χ3n) is 2.85. The molecular weight excluding hydrogens is 244 g/mol. The Kier molecular flexibility index (Phi) is 4.72. The molecule has 1 rings (SSSR count). The summed E-state index contributed by atoms with van der Waals surface area (Å²) in [6.45, 7) is 5.83. The van der Waals surface area contributed by atoms with Crippen LogP contribution in [0.1, 0.15) is 31.9 Å². The van der Waals surface area contributed by atoms with Crippen LogP contribution in [0.2, 0.25) is 0 Å². The fourth-order valence-electron chi connectivity index (χ4n) is 1.86. The van der Waals surface area contributed by atoms with Crippen molar-refractivity contribution >= 4 is 11.5 Å². The zero-order chi connectivity index (χ0) is 14.6. The number of aliphatic hydroxyl groups excluding tert-OH is 1. The highest BCUT2D eigenvalue weighted by Gasteiger charge is 2.20. The van der Waals surface area contributed by atoms with Gasteiger partial charge in [0.1, 0.15) is 5.75 Å². The van der Waals surface area contributed by atoms with Crippen LogP contribution in [0.4, 0.5) is 0 Å². The SMILES string of the molecule is COc1ccc(/C(=C/C(=O)O)CO)cc1C(C)(C)C. The maximum atomic E-state index is 10.7. The monoisotopic (exact) mass is 264 g/mol. The molecule has 0 spiro atoms. The summed E-state index contributed by atoms with van der Waals surface area (Å²) in [7, 11) is 1.60. The zero-order valence-electron chi connectivity index (χ0n) is 11.7. The van der Waals surface area contributed by atoms with E-state index < -0.39 is 5.97 Å². The Bertz CT molecular complexity index is 495. The number of aliphatic hydroxyl groups is 1. The fraction of sp³-hybridized carbons (Fsp3) is 0.400. The number of carboxylic acids is 1. The van der Waals surface area contributed by atoms with Crippen molar-refractivity contribution in [3.05, 3.63) is 35.4 Å². The first-order valence-electron chi connectivity index (χ1n) is 6.03. The van der Waals surface area contributed by atoms with Gasteiger partial charge >= 0.3 is 5.97 Å². The molecule has 1 aromatic carbocycles. The molecule has 0 unspecified atom stereocenters. The molecular formula is C15H20O4. The second kappa shape index (κ2) is 5.89. The van der Waals surface area contributed by atoms with Crippen LogP contribution in [0.15, 0.2) is 24.3 Å². The maximum absolute atomic E-state index is 10.7. The normalized spacial score (nSPS) is 12.4. The number of ether oxygens (including phenoxy) is 1. The van der Waals surface area contributed by atoms with Crippen LogP contribution < -0.4 is 4.74 Å². The Balaban J connectivity index is 3.36. The summed E-state index contributed by atoms with van der Waals surface area (Å²) in [6.07, 6.45) is 1.02. The van der Waals surface area contributed by atoms with E-state index in [1.807, 2.05) is 26.8 Å². The fourth-order valence-corrected chi connectivity index (χ4v) is 1.86. The predicted octanol–water partition coefficient (Wildman–Crippen LogP) is 2.45. The van der Waals surface area contributed by atoms with Crippen LogP contribution in [-0.4, -0.2) is 29.9 Å². The van der Waals surface area contributed by atoms with Crippen molar-refractivity contribution in [3.63, 3.8) is 0 Å². The quantitative estimate of drug-likeness (QED) is 0.820. The summed E-state index contributed by atoms with van der Waals surface area (Å²) in [5, 5.41) is 18.1. The van der Waals surface area contributed by atoms with Gasteiger partial charge in [-0.2, -0.15) is 0 Å². The minimum Gasteiger partial charge on any atom is -0.496 e. The Labute approximate surface area is 113 Å². The molecule has 0 heterocycles. The number of aliphatic carboxylic acids is 1. The molecule has 0 aliphatic heterocycles. The van der Waals surface area contributed by atoms with Crippen molar-refractivity contribution in [2.45, 2.75) is 26.2 Å². The van der Waals surface area contributed by atoms with E-state index in [1.165, 1.54) is 0 Å². The van der Waals surface area contributed by atoms with E-state index in [9.17, 15) is 9.90 Å². The minimum absolute atomic E-state index is 0.134. The average Bonchev–Trinajstić information content (AvgIpc) is 2.34. The lowest BCUT2D eigenvalue weighted by atomic mass is 9.84. The molecule has 0 bridgehead atoms. The molecule has 4 nitrogen and oxygen atoms in total. The minimum atomic E-state index is -1.07. The van der Waals surface area contributed by atoms with Gasteiger partial charge in [0.05, 0.1) is 13.7 Å². The second-order valence-electron chi connectivity index (χ2n) is 5.33. The molecule has 0 amide bonds. The number of benzene rings is 1. The summed E-state index contributed by atoms with van der Waals surface area (Å²) in [5.41, 5.74) is 1.90. The van der Waals surface area contributed by atoms with Gasteiger partial charge in [-0.1, -0.05) is 26.8 Å². The third kappa shape index (κ3) is 3.83. The van der Waals surface area contributed by atoms with E-state index in [0.29, 0.717) is 11.1 Å². The highest BCUT2D eigenvalue weighted by molar-refractivity contribution is 5.90. The molecule has 0 aliphatic carbocycles. The van der Waals surface area contributed by atoms with Crippen LogP contribution in [0.25, 0.3) is 5.57 Å². The number of carbonyl (C=O) groups is 1. The molecule has 0 saturated heterocycles. The number of hydrogen-bond acceptors (Lipinski definition) is 3.